The first-order valence-corrected chi connectivity index (χ1v) is 8.36. The summed E-state index contributed by atoms with van der Waals surface area (Å²) in [6.45, 7) is 3.78. The number of anilines is 3. The van der Waals surface area contributed by atoms with E-state index in [9.17, 15) is 0 Å². The Morgan fingerprint density at radius 1 is 1.21 bits per heavy atom. The molecule has 0 amide bonds. The lowest BCUT2D eigenvalue weighted by Gasteiger charge is -2.26. The Hall–Kier alpha value is -2.05. The van der Waals surface area contributed by atoms with Crippen LogP contribution in [0.4, 0.5) is 17.3 Å². The Balaban J connectivity index is 1.66. The minimum atomic E-state index is 0.643. The zero-order chi connectivity index (χ0) is 16.9. The number of rotatable bonds is 5. The molecule has 0 saturated carbocycles. The van der Waals surface area contributed by atoms with Crippen molar-refractivity contribution in [1.29, 1.82) is 0 Å². The normalized spacial score (nSPS) is 14.5. The second-order valence-corrected chi connectivity index (χ2v) is 6.28. The molecule has 1 fully saturated rings. The molecular formula is C17H22ClN5O. The Labute approximate surface area is 147 Å². The first-order chi connectivity index (χ1) is 11.6. The molecule has 1 aliphatic heterocycles. The summed E-state index contributed by atoms with van der Waals surface area (Å²) >= 11 is 6.29. The monoisotopic (exact) mass is 347 g/mol. The maximum absolute atomic E-state index is 6.29. The quantitative estimate of drug-likeness (QED) is 0.897. The molecule has 0 atom stereocenters. The number of nitrogens with zero attached hydrogens (tertiary/aromatic N) is 4. The number of hydrogen-bond donors (Lipinski definition) is 1. The molecule has 1 saturated heterocycles. The average Bonchev–Trinajstić information content (AvgIpc) is 2.61. The van der Waals surface area contributed by atoms with E-state index >= 15 is 0 Å². The number of benzene rings is 1. The second kappa shape index (κ2) is 7.68. The highest BCUT2D eigenvalue weighted by Gasteiger charge is 2.13. The molecule has 6 nitrogen and oxygen atoms in total. The fourth-order valence-electron chi connectivity index (χ4n) is 2.68. The number of ether oxygens (including phenoxy) is 1. The number of hydrogen-bond acceptors (Lipinski definition) is 6. The maximum atomic E-state index is 6.29. The summed E-state index contributed by atoms with van der Waals surface area (Å²) in [6.07, 6.45) is 3.73. The molecule has 3 rings (SSSR count). The van der Waals surface area contributed by atoms with Crippen molar-refractivity contribution in [3.05, 3.63) is 41.2 Å². The van der Waals surface area contributed by atoms with Gasteiger partial charge in [-0.25, -0.2) is 9.97 Å². The van der Waals surface area contributed by atoms with Gasteiger partial charge in [-0.3, -0.25) is 0 Å². The lowest BCUT2D eigenvalue weighted by molar-refractivity contribution is 0.122. The van der Waals surface area contributed by atoms with Crippen molar-refractivity contribution in [1.82, 2.24) is 9.97 Å². The zero-order valence-corrected chi connectivity index (χ0v) is 14.8. The lowest BCUT2D eigenvalue weighted by atomic mass is 10.2. The molecule has 128 valence electrons. The van der Waals surface area contributed by atoms with E-state index in [0.717, 1.165) is 54.2 Å². The molecule has 2 aromatic rings. The van der Waals surface area contributed by atoms with Crippen molar-refractivity contribution >= 4 is 28.9 Å². The SMILES string of the molecule is CN(C)c1c(Cl)cccc1NCc1cnc(N2CCOCC2)nc1. The highest BCUT2D eigenvalue weighted by molar-refractivity contribution is 6.34. The third-order valence-corrected chi connectivity index (χ3v) is 4.21. The van der Waals surface area contributed by atoms with Crippen molar-refractivity contribution in [3.8, 4) is 0 Å². The van der Waals surface area contributed by atoms with Crippen LogP contribution < -0.4 is 15.1 Å². The van der Waals surface area contributed by atoms with Crippen LogP contribution in [0.25, 0.3) is 0 Å². The Morgan fingerprint density at radius 2 is 1.92 bits per heavy atom. The lowest BCUT2D eigenvalue weighted by Crippen LogP contribution is -2.37. The van der Waals surface area contributed by atoms with Crippen LogP contribution in [0.5, 0.6) is 0 Å². The van der Waals surface area contributed by atoms with Gasteiger partial charge in [0.05, 0.1) is 29.6 Å². The molecule has 0 unspecified atom stereocenters. The van der Waals surface area contributed by atoms with Crippen LogP contribution in [-0.4, -0.2) is 50.4 Å². The van der Waals surface area contributed by atoms with E-state index in [-0.39, 0.29) is 0 Å². The largest absolute Gasteiger partial charge is 0.379 e. The predicted octanol–water partition coefficient (Wildman–Crippen LogP) is 2.64. The van der Waals surface area contributed by atoms with E-state index in [1.54, 1.807) is 0 Å². The Morgan fingerprint density at radius 3 is 2.58 bits per heavy atom. The Bertz CT molecular complexity index is 671. The van der Waals surface area contributed by atoms with Gasteiger partial charge in [0.2, 0.25) is 5.95 Å². The van der Waals surface area contributed by atoms with Crippen molar-refractivity contribution in [3.63, 3.8) is 0 Å². The van der Waals surface area contributed by atoms with Crippen LogP contribution in [0.15, 0.2) is 30.6 Å². The van der Waals surface area contributed by atoms with Gasteiger partial charge in [-0.2, -0.15) is 0 Å². The van der Waals surface area contributed by atoms with Crippen molar-refractivity contribution in [2.45, 2.75) is 6.54 Å². The molecule has 1 aromatic carbocycles. The number of nitrogens with one attached hydrogen (secondary N) is 1. The molecule has 7 heteroatoms. The summed E-state index contributed by atoms with van der Waals surface area (Å²) < 4.78 is 5.35. The number of para-hydroxylation sites is 1. The molecule has 0 aliphatic carbocycles. The molecule has 1 N–H and O–H groups in total. The molecule has 24 heavy (non-hydrogen) atoms. The van der Waals surface area contributed by atoms with E-state index in [1.807, 2.05) is 49.6 Å². The first-order valence-electron chi connectivity index (χ1n) is 7.98. The van der Waals surface area contributed by atoms with Crippen LogP contribution in [0.2, 0.25) is 5.02 Å². The first kappa shape index (κ1) is 16.8. The van der Waals surface area contributed by atoms with Gasteiger partial charge < -0.3 is 19.9 Å². The molecule has 2 heterocycles. The fourth-order valence-corrected chi connectivity index (χ4v) is 3.02. The van der Waals surface area contributed by atoms with Gasteiger partial charge in [0.15, 0.2) is 0 Å². The predicted molar refractivity (Wildman–Crippen MR) is 98.2 cm³/mol. The Kier molecular flexibility index (Phi) is 5.37. The van der Waals surface area contributed by atoms with E-state index < -0.39 is 0 Å². The van der Waals surface area contributed by atoms with E-state index in [2.05, 4.69) is 20.2 Å². The fraction of sp³-hybridized carbons (Fsp3) is 0.412. The number of halogens is 1. The van der Waals surface area contributed by atoms with Gasteiger partial charge in [-0.05, 0) is 12.1 Å². The summed E-state index contributed by atoms with van der Waals surface area (Å²) in [4.78, 5) is 13.1. The zero-order valence-electron chi connectivity index (χ0n) is 14.0. The molecular weight excluding hydrogens is 326 g/mol. The number of aromatic nitrogens is 2. The average molecular weight is 348 g/mol. The van der Waals surface area contributed by atoms with Gasteiger partial charge in [0, 0.05) is 51.7 Å². The molecule has 0 radical (unpaired) electrons. The third-order valence-electron chi connectivity index (χ3n) is 3.90. The standard InChI is InChI=1S/C17H22ClN5O/c1-22(2)16-14(18)4-3-5-15(16)19-10-13-11-20-17(21-12-13)23-6-8-24-9-7-23/h3-5,11-12,19H,6-10H2,1-2H3. The van der Waals surface area contributed by atoms with Crippen LogP contribution in [0.3, 0.4) is 0 Å². The topological polar surface area (TPSA) is 53.5 Å². The minimum Gasteiger partial charge on any atom is -0.379 e. The minimum absolute atomic E-state index is 0.643. The summed E-state index contributed by atoms with van der Waals surface area (Å²) in [5.74, 6) is 0.763. The van der Waals surface area contributed by atoms with Crippen LogP contribution in [0, 0.1) is 0 Å². The summed E-state index contributed by atoms with van der Waals surface area (Å²) in [5, 5.41) is 4.14. The molecule has 0 spiro atoms. The summed E-state index contributed by atoms with van der Waals surface area (Å²) in [5.41, 5.74) is 2.99. The third kappa shape index (κ3) is 3.88. The van der Waals surface area contributed by atoms with Crippen LogP contribution >= 0.6 is 11.6 Å². The van der Waals surface area contributed by atoms with Crippen molar-refractivity contribution in [2.75, 3.05) is 55.5 Å². The van der Waals surface area contributed by atoms with Crippen LogP contribution in [-0.2, 0) is 11.3 Å². The van der Waals surface area contributed by atoms with Gasteiger partial charge >= 0.3 is 0 Å². The van der Waals surface area contributed by atoms with E-state index in [0.29, 0.717) is 6.54 Å². The summed E-state index contributed by atoms with van der Waals surface area (Å²) in [7, 11) is 3.96. The van der Waals surface area contributed by atoms with Crippen LogP contribution in [0.1, 0.15) is 5.56 Å². The maximum Gasteiger partial charge on any atom is 0.225 e. The van der Waals surface area contributed by atoms with Gasteiger partial charge in [0.25, 0.3) is 0 Å². The summed E-state index contributed by atoms with van der Waals surface area (Å²) in [6, 6.07) is 5.85. The van der Waals surface area contributed by atoms with Gasteiger partial charge in [-0.15, -0.1) is 0 Å². The molecule has 1 aliphatic rings. The van der Waals surface area contributed by atoms with Crippen molar-refractivity contribution in [2.24, 2.45) is 0 Å². The highest BCUT2D eigenvalue weighted by atomic mass is 35.5. The van der Waals surface area contributed by atoms with Crippen molar-refractivity contribution < 1.29 is 4.74 Å². The molecule has 0 bridgehead atoms. The second-order valence-electron chi connectivity index (χ2n) is 5.87. The molecule has 1 aromatic heterocycles. The van der Waals surface area contributed by atoms with E-state index in [4.69, 9.17) is 16.3 Å². The number of morpholine rings is 1. The van der Waals surface area contributed by atoms with Gasteiger partial charge in [-0.1, -0.05) is 17.7 Å². The highest BCUT2D eigenvalue weighted by Crippen LogP contribution is 2.32. The van der Waals surface area contributed by atoms with E-state index in [1.165, 1.54) is 0 Å². The smallest absolute Gasteiger partial charge is 0.225 e. The van der Waals surface area contributed by atoms with Gasteiger partial charge in [0.1, 0.15) is 0 Å².